The minimum atomic E-state index is -0.959. The van der Waals surface area contributed by atoms with Crippen LogP contribution in [0.15, 0.2) is 12.1 Å². The highest BCUT2D eigenvalue weighted by atomic mass is 32.1. The number of benzene rings is 1. The van der Waals surface area contributed by atoms with Gasteiger partial charge in [0, 0.05) is 18.2 Å². The van der Waals surface area contributed by atoms with Crippen LogP contribution >= 0.6 is 12.2 Å². The molecule has 0 fully saturated rings. The lowest BCUT2D eigenvalue weighted by molar-refractivity contribution is 0.473. The molecule has 2 nitrogen and oxygen atoms in total. The summed E-state index contributed by atoms with van der Waals surface area (Å²) >= 11 is 4.74. The Balaban J connectivity index is 3.31. The summed E-state index contributed by atoms with van der Waals surface area (Å²) in [6.45, 7) is 8.91. The Kier molecular flexibility index (Phi) is 6.52. The van der Waals surface area contributed by atoms with Crippen molar-refractivity contribution in [3.63, 3.8) is 0 Å². The van der Waals surface area contributed by atoms with Gasteiger partial charge in [-0.25, -0.2) is 8.78 Å². The molecule has 0 amide bonds. The zero-order valence-electron chi connectivity index (χ0n) is 13.1. The first-order valence-electron chi connectivity index (χ1n) is 7.37. The molecule has 0 saturated heterocycles. The Hall–Kier alpha value is -1.23. The second-order valence-corrected chi connectivity index (χ2v) is 6.08. The molecule has 0 aliphatic rings. The van der Waals surface area contributed by atoms with Gasteiger partial charge in [-0.3, -0.25) is 0 Å². The van der Waals surface area contributed by atoms with Crippen molar-refractivity contribution in [2.75, 3.05) is 11.4 Å². The maximum atomic E-state index is 14.4. The normalized spacial score (nSPS) is 11.2. The lowest BCUT2D eigenvalue weighted by Gasteiger charge is -2.34. The van der Waals surface area contributed by atoms with Gasteiger partial charge in [-0.2, -0.15) is 0 Å². The highest BCUT2D eigenvalue weighted by Gasteiger charge is 2.23. The zero-order valence-corrected chi connectivity index (χ0v) is 13.9. The van der Waals surface area contributed by atoms with Crippen molar-refractivity contribution in [2.24, 2.45) is 11.7 Å². The largest absolute Gasteiger partial charge is 0.389 e. The van der Waals surface area contributed by atoms with Crippen LogP contribution in [-0.4, -0.2) is 17.6 Å². The van der Waals surface area contributed by atoms with Crippen LogP contribution in [0.2, 0.25) is 0 Å². The van der Waals surface area contributed by atoms with E-state index >= 15 is 0 Å². The van der Waals surface area contributed by atoms with Crippen LogP contribution in [0.5, 0.6) is 0 Å². The average Bonchev–Trinajstić information content (AvgIpc) is 2.41. The number of thiocarbonyl (C=S) groups is 1. The maximum absolute atomic E-state index is 14.4. The Morgan fingerprint density at radius 1 is 1.19 bits per heavy atom. The van der Waals surface area contributed by atoms with E-state index in [0.717, 1.165) is 12.8 Å². The second-order valence-electron chi connectivity index (χ2n) is 5.64. The molecule has 0 aliphatic carbocycles. The van der Waals surface area contributed by atoms with Crippen molar-refractivity contribution in [1.82, 2.24) is 0 Å². The van der Waals surface area contributed by atoms with Crippen LogP contribution in [0.25, 0.3) is 0 Å². The number of halogens is 2. The van der Waals surface area contributed by atoms with Crippen molar-refractivity contribution < 1.29 is 8.78 Å². The van der Waals surface area contributed by atoms with Gasteiger partial charge in [0.25, 0.3) is 0 Å². The molecule has 118 valence electrons. The number of hydrogen-bond donors (Lipinski definition) is 1. The van der Waals surface area contributed by atoms with Gasteiger partial charge in [-0.05, 0) is 30.9 Å². The maximum Gasteiger partial charge on any atom is 0.182 e. The van der Waals surface area contributed by atoms with E-state index < -0.39 is 11.6 Å². The summed E-state index contributed by atoms with van der Waals surface area (Å²) in [5.74, 6) is -1.48. The van der Waals surface area contributed by atoms with Gasteiger partial charge in [-0.1, -0.05) is 39.9 Å². The zero-order chi connectivity index (χ0) is 16.2. The molecule has 1 rings (SSSR count). The van der Waals surface area contributed by atoms with Crippen molar-refractivity contribution in [3.05, 3.63) is 29.3 Å². The molecule has 0 atom stereocenters. The minimum absolute atomic E-state index is 0.0414. The summed E-state index contributed by atoms with van der Waals surface area (Å²) in [5.41, 5.74) is 5.66. The second kappa shape index (κ2) is 7.69. The van der Waals surface area contributed by atoms with E-state index in [1.165, 1.54) is 6.07 Å². The van der Waals surface area contributed by atoms with E-state index in [1.807, 2.05) is 4.90 Å². The number of hydrogen-bond acceptors (Lipinski definition) is 2. The van der Waals surface area contributed by atoms with Crippen molar-refractivity contribution in [1.29, 1.82) is 0 Å². The fourth-order valence-corrected chi connectivity index (χ4v) is 2.68. The first-order valence-corrected chi connectivity index (χ1v) is 7.78. The van der Waals surface area contributed by atoms with E-state index in [-0.39, 0.29) is 22.3 Å². The topological polar surface area (TPSA) is 29.3 Å². The predicted octanol–water partition coefficient (Wildman–Crippen LogP) is 4.25. The van der Waals surface area contributed by atoms with Gasteiger partial charge < -0.3 is 10.6 Å². The van der Waals surface area contributed by atoms with Gasteiger partial charge >= 0.3 is 0 Å². The molecule has 0 unspecified atom stereocenters. The Morgan fingerprint density at radius 3 is 2.19 bits per heavy atom. The summed E-state index contributed by atoms with van der Waals surface area (Å²) in [6, 6.07) is 3.22. The number of nitrogens with zero attached hydrogens (tertiary/aromatic N) is 1. The SMILES string of the molecule is CCC(CC)N(CC(C)C)c1ccc(C(N)=S)c(F)c1F. The van der Waals surface area contributed by atoms with Crippen LogP contribution in [0.1, 0.15) is 46.1 Å². The Labute approximate surface area is 131 Å². The number of nitrogens with two attached hydrogens (primary N) is 1. The monoisotopic (exact) mass is 314 g/mol. The molecule has 0 bridgehead atoms. The first-order chi connectivity index (χ1) is 9.83. The first kappa shape index (κ1) is 17.8. The van der Waals surface area contributed by atoms with E-state index in [1.54, 1.807) is 6.07 Å². The van der Waals surface area contributed by atoms with Gasteiger partial charge in [0.05, 0.1) is 5.69 Å². The smallest absolute Gasteiger partial charge is 0.182 e. The van der Waals surface area contributed by atoms with Crippen LogP contribution < -0.4 is 10.6 Å². The molecule has 0 aromatic heterocycles. The Morgan fingerprint density at radius 2 is 1.76 bits per heavy atom. The molecule has 5 heteroatoms. The van der Waals surface area contributed by atoms with Crippen LogP contribution in [0.4, 0.5) is 14.5 Å². The van der Waals surface area contributed by atoms with Gasteiger partial charge in [-0.15, -0.1) is 0 Å². The molecule has 0 heterocycles. The molecule has 1 aromatic rings. The van der Waals surface area contributed by atoms with Gasteiger partial charge in [0.2, 0.25) is 0 Å². The lowest BCUT2D eigenvalue weighted by atomic mass is 10.0. The fraction of sp³-hybridized carbons (Fsp3) is 0.562. The predicted molar refractivity (Wildman–Crippen MR) is 88.8 cm³/mol. The third kappa shape index (κ3) is 4.13. The summed E-state index contributed by atoms with van der Waals surface area (Å²) < 4.78 is 28.5. The molecule has 2 N–H and O–H groups in total. The van der Waals surface area contributed by atoms with Crippen molar-refractivity contribution in [3.8, 4) is 0 Å². The van der Waals surface area contributed by atoms with Gasteiger partial charge in [0.15, 0.2) is 11.6 Å². The standard InChI is InChI=1S/C16H24F2N2S/c1-5-11(6-2)20(9-10(3)4)13-8-7-12(16(19)21)14(17)15(13)18/h7-8,10-11H,5-6,9H2,1-4H3,(H2,19,21). The molecule has 0 saturated carbocycles. The molecule has 0 radical (unpaired) electrons. The van der Waals surface area contributed by atoms with Crippen LogP contribution in [0, 0.1) is 17.6 Å². The number of anilines is 1. The molecule has 1 aromatic carbocycles. The minimum Gasteiger partial charge on any atom is -0.389 e. The third-order valence-corrected chi connectivity index (χ3v) is 3.80. The van der Waals surface area contributed by atoms with E-state index in [4.69, 9.17) is 18.0 Å². The lowest BCUT2D eigenvalue weighted by Crippen LogP contribution is -2.38. The quantitative estimate of drug-likeness (QED) is 0.763. The van der Waals surface area contributed by atoms with Crippen molar-refractivity contribution in [2.45, 2.75) is 46.6 Å². The van der Waals surface area contributed by atoms with Gasteiger partial charge in [0.1, 0.15) is 4.99 Å². The third-order valence-electron chi connectivity index (χ3n) is 3.58. The highest BCUT2D eigenvalue weighted by Crippen LogP contribution is 2.28. The molecular weight excluding hydrogens is 290 g/mol. The van der Waals surface area contributed by atoms with E-state index in [0.29, 0.717) is 12.5 Å². The number of rotatable bonds is 7. The summed E-state index contributed by atoms with van der Waals surface area (Å²) in [7, 11) is 0. The van der Waals surface area contributed by atoms with Crippen LogP contribution in [-0.2, 0) is 0 Å². The summed E-state index contributed by atoms with van der Waals surface area (Å²) in [6.07, 6.45) is 1.75. The van der Waals surface area contributed by atoms with Crippen LogP contribution in [0.3, 0.4) is 0 Å². The summed E-state index contributed by atoms with van der Waals surface area (Å²) in [5, 5.41) is 0. The van der Waals surface area contributed by atoms with E-state index in [9.17, 15) is 8.78 Å². The average molecular weight is 314 g/mol. The highest BCUT2D eigenvalue weighted by molar-refractivity contribution is 7.80. The molecule has 0 spiro atoms. The van der Waals surface area contributed by atoms with Crippen molar-refractivity contribution >= 4 is 22.9 Å². The van der Waals surface area contributed by atoms with E-state index in [2.05, 4.69) is 27.7 Å². The molecular formula is C16H24F2N2S. The Bertz CT molecular complexity index is 499. The molecule has 0 aliphatic heterocycles. The fourth-order valence-electron chi connectivity index (χ4n) is 2.52. The molecule has 21 heavy (non-hydrogen) atoms. The summed E-state index contributed by atoms with van der Waals surface area (Å²) in [4.78, 5) is 1.82.